The van der Waals surface area contributed by atoms with Crippen LogP contribution in [0.25, 0.3) is 0 Å². The molecular weight excluding hydrogens is 475 g/mol. The predicted molar refractivity (Wildman–Crippen MR) is 107 cm³/mol. The third kappa shape index (κ3) is 5.24. The molecule has 3 heterocycles. The maximum atomic E-state index is 12.6. The molecule has 1 aromatic heterocycles. The molecule has 0 spiro atoms. The number of nitrogen functional groups attached to an aromatic ring is 1. The van der Waals surface area contributed by atoms with Gasteiger partial charge in [-0.2, -0.15) is 0 Å². The molecular formula is C16H15N6NaO7S2. The number of thioether (sulfide) groups is 1. The monoisotopic (exact) mass is 490 g/mol. The Balaban J connectivity index is 0.00000363. The topological polar surface area (TPSA) is 213 Å². The molecule has 1 unspecified atom stereocenters. The SMILES string of the molecule is NC(=O)OC/C=C\C1=C(C(=O)[O-])N2C(=O)C(NC(=O)/C(=N\O)c3csc(N)n3)[C@@H]2SC1.[Na+]. The van der Waals surface area contributed by atoms with Crippen molar-refractivity contribution >= 4 is 57.8 Å². The number of amides is 3. The molecule has 2 atom stereocenters. The van der Waals surface area contributed by atoms with Crippen molar-refractivity contribution in [2.75, 3.05) is 18.1 Å². The van der Waals surface area contributed by atoms with E-state index in [1.165, 1.54) is 29.3 Å². The average molecular weight is 490 g/mol. The van der Waals surface area contributed by atoms with E-state index < -0.39 is 41.0 Å². The first kappa shape index (κ1) is 25.7. The Morgan fingerprint density at radius 3 is 2.75 bits per heavy atom. The summed E-state index contributed by atoms with van der Waals surface area (Å²) < 4.78 is 4.53. The first-order chi connectivity index (χ1) is 14.7. The van der Waals surface area contributed by atoms with Gasteiger partial charge >= 0.3 is 35.7 Å². The van der Waals surface area contributed by atoms with E-state index in [1.54, 1.807) is 0 Å². The van der Waals surface area contributed by atoms with Crippen LogP contribution in [0.15, 0.2) is 34.0 Å². The van der Waals surface area contributed by atoms with Crippen molar-refractivity contribution in [1.29, 1.82) is 0 Å². The Bertz CT molecular complexity index is 1040. The number of primary amides is 1. The molecule has 1 fully saturated rings. The maximum absolute atomic E-state index is 12.6. The second kappa shape index (κ2) is 10.8. The van der Waals surface area contributed by atoms with E-state index in [2.05, 4.69) is 20.2 Å². The summed E-state index contributed by atoms with van der Waals surface area (Å²) in [5.74, 6) is -2.95. The standard InChI is InChI=1S/C16H16N6O7S2.Na/c17-15-19-7(5-31-15)8(21-28)11(23)20-9-12(24)22-10(14(25)26)6(4-30-13(9)22)2-1-3-29-16(18)27;/h1-2,5,9,13,28H,3-4H2,(H2,17,19)(H2,18,27)(H,20,23)(H,25,26);/q;+1/p-1/b2-1-,21-8-;/t9?,13-;/m0./s1. The molecule has 0 aliphatic carbocycles. The van der Waals surface area contributed by atoms with Crippen molar-refractivity contribution in [3.63, 3.8) is 0 Å². The van der Waals surface area contributed by atoms with Crippen LogP contribution in [0.4, 0.5) is 9.93 Å². The molecule has 3 amide bonds. The van der Waals surface area contributed by atoms with Gasteiger partial charge in [-0.3, -0.25) is 14.5 Å². The molecule has 32 heavy (non-hydrogen) atoms. The van der Waals surface area contributed by atoms with E-state index >= 15 is 0 Å². The normalized spacial score (nSPS) is 20.3. The van der Waals surface area contributed by atoms with Crippen molar-refractivity contribution in [2.24, 2.45) is 10.9 Å². The number of aromatic nitrogens is 1. The van der Waals surface area contributed by atoms with Crippen molar-refractivity contribution < 1.29 is 63.8 Å². The number of nitrogens with two attached hydrogens (primary N) is 2. The summed E-state index contributed by atoms with van der Waals surface area (Å²) in [7, 11) is 0. The summed E-state index contributed by atoms with van der Waals surface area (Å²) in [5, 5.41) is 27.0. The number of fused-ring (bicyclic) bond motifs is 1. The van der Waals surface area contributed by atoms with E-state index in [1.807, 2.05) is 0 Å². The second-order valence-corrected chi connectivity index (χ2v) is 8.07. The number of oxime groups is 1. The van der Waals surface area contributed by atoms with Crippen LogP contribution < -0.4 is 51.4 Å². The van der Waals surface area contributed by atoms with E-state index in [4.69, 9.17) is 16.7 Å². The number of anilines is 1. The summed E-state index contributed by atoms with van der Waals surface area (Å²) in [6, 6.07) is -1.05. The molecule has 164 valence electrons. The molecule has 13 nitrogen and oxygen atoms in total. The minimum absolute atomic E-state index is 0. The Morgan fingerprint density at radius 1 is 1.47 bits per heavy atom. The van der Waals surface area contributed by atoms with E-state index in [-0.39, 0.29) is 64.0 Å². The number of carbonyl (C=O) groups is 4. The molecule has 3 rings (SSSR count). The first-order valence-electron chi connectivity index (χ1n) is 8.46. The number of allylic oxidation sites excluding steroid dienone is 1. The van der Waals surface area contributed by atoms with Crippen molar-refractivity contribution in [3.05, 3.63) is 34.5 Å². The van der Waals surface area contributed by atoms with Crippen LogP contribution in [0, 0.1) is 0 Å². The molecule has 0 saturated carbocycles. The number of carboxylic acid groups (broad SMARTS) is 1. The van der Waals surface area contributed by atoms with Crippen LogP contribution in [0.5, 0.6) is 0 Å². The Morgan fingerprint density at radius 2 is 2.19 bits per heavy atom. The number of hydrogen-bond acceptors (Lipinski definition) is 12. The molecule has 0 aromatic carbocycles. The van der Waals surface area contributed by atoms with Gasteiger partial charge in [-0.25, -0.2) is 9.78 Å². The second-order valence-electron chi connectivity index (χ2n) is 6.07. The third-order valence-corrected chi connectivity index (χ3v) is 6.17. The van der Waals surface area contributed by atoms with E-state index in [0.29, 0.717) is 0 Å². The zero-order valence-electron chi connectivity index (χ0n) is 16.5. The minimum Gasteiger partial charge on any atom is -0.543 e. The third-order valence-electron chi connectivity index (χ3n) is 4.20. The molecule has 0 bridgehead atoms. The van der Waals surface area contributed by atoms with E-state index in [9.17, 15) is 24.3 Å². The van der Waals surface area contributed by atoms with Crippen LogP contribution in [0.1, 0.15) is 5.69 Å². The number of thiazole rings is 1. The summed E-state index contributed by atoms with van der Waals surface area (Å²) in [5.41, 5.74) is 9.86. The van der Waals surface area contributed by atoms with Gasteiger partial charge in [-0.1, -0.05) is 11.2 Å². The number of carboxylic acids is 1. The Hall–Kier alpha value is -2.59. The Kier molecular flexibility index (Phi) is 8.68. The van der Waals surface area contributed by atoms with Gasteiger partial charge in [0.15, 0.2) is 10.8 Å². The predicted octanol–water partition coefficient (Wildman–Crippen LogP) is -5.04. The summed E-state index contributed by atoms with van der Waals surface area (Å²) >= 11 is 2.23. The van der Waals surface area contributed by atoms with Crippen molar-refractivity contribution in [3.8, 4) is 0 Å². The number of nitrogens with one attached hydrogen (secondary N) is 1. The van der Waals surface area contributed by atoms with Crippen LogP contribution >= 0.6 is 23.1 Å². The summed E-state index contributed by atoms with van der Waals surface area (Å²) in [6.07, 6.45) is 1.77. The molecule has 16 heteroatoms. The van der Waals surface area contributed by atoms with Gasteiger partial charge in [0, 0.05) is 11.1 Å². The zero-order chi connectivity index (χ0) is 22.7. The Labute approximate surface area is 210 Å². The van der Waals surface area contributed by atoms with E-state index in [0.717, 1.165) is 16.2 Å². The fourth-order valence-electron chi connectivity index (χ4n) is 2.90. The van der Waals surface area contributed by atoms with Gasteiger partial charge in [0.1, 0.15) is 23.7 Å². The van der Waals surface area contributed by atoms with Crippen LogP contribution in [-0.2, 0) is 19.1 Å². The summed E-state index contributed by atoms with van der Waals surface area (Å²) in [6.45, 7) is -0.176. The van der Waals surface area contributed by atoms with Gasteiger partial charge in [0.2, 0.25) is 0 Å². The molecule has 6 N–H and O–H groups in total. The smallest absolute Gasteiger partial charge is 0.543 e. The molecule has 2 aliphatic heterocycles. The number of hydrogen-bond donors (Lipinski definition) is 4. The number of β-lactam (4-membered cyclic amide) rings is 1. The van der Waals surface area contributed by atoms with Crippen molar-refractivity contribution in [2.45, 2.75) is 11.4 Å². The fraction of sp³-hybridized carbons (Fsp3) is 0.250. The minimum atomic E-state index is -1.57. The summed E-state index contributed by atoms with van der Waals surface area (Å²) in [4.78, 5) is 52.1. The van der Waals surface area contributed by atoms with Gasteiger partial charge in [-0.15, -0.1) is 23.1 Å². The molecule has 1 aromatic rings. The van der Waals surface area contributed by atoms with Crippen LogP contribution in [0.3, 0.4) is 0 Å². The largest absolute Gasteiger partial charge is 1.00 e. The molecule has 1 saturated heterocycles. The number of aliphatic carboxylic acids is 1. The van der Waals surface area contributed by atoms with Crippen LogP contribution in [-0.4, -0.2) is 68.5 Å². The molecule has 0 radical (unpaired) electrons. The van der Waals surface area contributed by atoms with Crippen molar-refractivity contribution in [1.82, 2.24) is 15.2 Å². The van der Waals surface area contributed by atoms with Gasteiger partial charge in [0.05, 0.1) is 11.7 Å². The zero-order valence-corrected chi connectivity index (χ0v) is 20.1. The van der Waals surface area contributed by atoms with Crippen LogP contribution in [0.2, 0.25) is 0 Å². The number of nitrogens with zero attached hydrogens (tertiary/aromatic N) is 3. The number of ether oxygens (including phenoxy) is 1. The van der Waals surface area contributed by atoms with Gasteiger partial charge < -0.3 is 36.6 Å². The van der Waals surface area contributed by atoms with Gasteiger partial charge in [-0.05, 0) is 11.6 Å². The van der Waals surface area contributed by atoms with Gasteiger partial charge in [0.25, 0.3) is 11.8 Å². The maximum Gasteiger partial charge on any atom is 1.00 e. The first-order valence-corrected chi connectivity index (χ1v) is 10.4. The molecule has 2 aliphatic rings. The quantitative estimate of drug-likeness (QED) is 0.0938. The fourth-order valence-corrected chi connectivity index (χ4v) is 4.77. The average Bonchev–Trinajstić information content (AvgIpc) is 3.14. The number of rotatable bonds is 7. The number of carbonyl (C=O) groups excluding carboxylic acids is 4.